The van der Waals surface area contributed by atoms with Gasteiger partial charge in [0.15, 0.2) is 16.6 Å². The van der Waals surface area contributed by atoms with Crippen LogP contribution >= 0.6 is 7.60 Å². The zero-order valence-corrected chi connectivity index (χ0v) is 17.5. The van der Waals surface area contributed by atoms with Gasteiger partial charge < -0.3 is 8.43 Å². The van der Waals surface area contributed by atoms with E-state index in [1.807, 2.05) is 0 Å². The lowest BCUT2D eigenvalue weighted by Gasteiger charge is -2.31. The third-order valence-electron chi connectivity index (χ3n) is 2.61. The predicted molar refractivity (Wildman–Crippen MR) is 94.7 cm³/mol. The number of unbranched alkanes of at least 4 members (excludes halogenated alkanes) is 5. The summed E-state index contributed by atoms with van der Waals surface area (Å²) >= 11 is 0. The van der Waals surface area contributed by atoms with Crippen molar-refractivity contribution in [3.05, 3.63) is 0 Å². The van der Waals surface area contributed by atoms with E-state index >= 15 is 0 Å². The molecule has 0 heterocycles. The van der Waals surface area contributed by atoms with E-state index in [4.69, 9.17) is 8.43 Å². The minimum atomic E-state index is -2.89. The van der Waals surface area contributed by atoms with Gasteiger partial charge in [-0.25, -0.2) is 0 Å². The summed E-state index contributed by atoms with van der Waals surface area (Å²) in [5.74, 6) is 0. The quantitative estimate of drug-likeness (QED) is 0.254. The predicted octanol–water partition coefficient (Wildman–Crippen LogP) is 6.24. The fourth-order valence-electron chi connectivity index (χ4n) is 2.03. The van der Waals surface area contributed by atoms with Gasteiger partial charge in [-0.1, -0.05) is 39.0 Å². The molecule has 0 aliphatic heterocycles. The third-order valence-corrected chi connectivity index (χ3v) is 10.1. The van der Waals surface area contributed by atoms with Crippen LogP contribution in [0.3, 0.4) is 0 Å². The van der Waals surface area contributed by atoms with Crippen LogP contribution in [0.4, 0.5) is 0 Å². The highest BCUT2D eigenvalue weighted by molar-refractivity contribution is 7.57. The summed E-state index contributed by atoms with van der Waals surface area (Å²) in [5.41, 5.74) is 0. The molecule has 0 fully saturated rings. The summed E-state index contributed by atoms with van der Waals surface area (Å²) in [6, 6.07) is 0. The van der Waals surface area contributed by atoms with Crippen molar-refractivity contribution in [2.75, 3.05) is 6.16 Å². The van der Waals surface area contributed by atoms with E-state index in [2.05, 4.69) is 46.2 Å². The van der Waals surface area contributed by atoms with Gasteiger partial charge in [0.1, 0.15) is 0 Å². The molecule has 0 spiro atoms. The van der Waals surface area contributed by atoms with Crippen LogP contribution in [0.1, 0.15) is 45.4 Å². The van der Waals surface area contributed by atoms with Crippen molar-refractivity contribution in [2.45, 2.75) is 84.7 Å². The number of hydrogen-bond donors (Lipinski definition) is 0. The molecule has 0 aliphatic rings. The molecule has 0 amide bonds. The van der Waals surface area contributed by atoms with Crippen molar-refractivity contribution in [1.29, 1.82) is 0 Å². The van der Waals surface area contributed by atoms with E-state index in [0.29, 0.717) is 6.16 Å². The minimum Gasteiger partial charge on any atom is -0.352 e. The highest BCUT2D eigenvalue weighted by Crippen LogP contribution is 2.53. The van der Waals surface area contributed by atoms with Crippen LogP contribution in [0, 0.1) is 0 Å². The van der Waals surface area contributed by atoms with Crippen molar-refractivity contribution in [2.24, 2.45) is 0 Å². The van der Waals surface area contributed by atoms with Crippen LogP contribution in [0.5, 0.6) is 0 Å². The second-order valence-electron chi connectivity index (χ2n) is 7.51. The van der Waals surface area contributed by atoms with Gasteiger partial charge in [-0.3, -0.25) is 4.57 Å². The van der Waals surface area contributed by atoms with Crippen molar-refractivity contribution in [3.63, 3.8) is 0 Å². The molecule has 0 atom stereocenters. The van der Waals surface area contributed by atoms with E-state index < -0.39 is 24.2 Å². The van der Waals surface area contributed by atoms with Crippen LogP contribution in [0.15, 0.2) is 0 Å². The van der Waals surface area contributed by atoms with Crippen molar-refractivity contribution in [1.82, 2.24) is 0 Å². The lowest BCUT2D eigenvalue weighted by atomic mass is 10.1. The lowest BCUT2D eigenvalue weighted by Crippen LogP contribution is -2.30. The van der Waals surface area contributed by atoms with Gasteiger partial charge in [0.05, 0.1) is 0 Å². The average Bonchev–Trinajstić information content (AvgIpc) is 2.17. The second-order valence-corrected chi connectivity index (χ2v) is 19.1. The maximum absolute atomic E-state index is 13.0. The molecule has 3 nitrogen and oxygen atoms in total. The Hall–Kier alpha value is 0.584. The molecular formula is C14H35O3PSi2. The summed E-state index contributed by atoms with van der Waals surface area (Å²) in [6.45, 7) is 14.7. The first kappa shape index (κ1) is 20.6. The van der Waals surface area contributed by atoms with E-state index in [0.717, 1.165) is 12.8 Å². The summed E-state index contributed by atoms with van der Waals surface area (Å²) in [5, 5.41) is 0. The van der Waals surface area contributed by atoms with Gasteiger partial charge in [0.2, 0.25) is 0 Å². The van der Waals surface area contributed by atoms with Crippen LogP contribution in [0.25, 0.3) is 0 Å². The molecule has 6 heteroatoms. The highest BCUT2D eigenvalue weighted by Gasteiger charge is 2.35. The summed E-state index contributed by atoms with van der Waals surface area (Å²) in [7, 11) is -6.57. The molecule has 0 bridgehead atoms. The maximum atomic E-state index is 13.0. The number of hydrogen-bond acceptors (Lipinski definition) is 3. The molecule has 0 aromatic heterocycles. The van der Waals surface area contributed by atoms with Gasteiger partial charge in [-0.05, 0) is 45.7 Å². The Bertz CT molecular complexity index is 289. The molecule has 0 saturated heterocycles. The van der Waals surface area contributed by atoms with E-state index in [-0.39, 0.29) is 0 Å². The summed E-state index contributed by atoms with van der Waals surface area (Å²) in [4.78, 5) is 0. The Morgan fingerprint density at radius 2 is 1.15 bits per heavy atom. The molecule has 0 aromatic rings. The van der Waals surface area contributed by atoms with Gasteiger partial charge >= 0.3 is 7.60 Å². The third kappa shape index (κ3) is 12.3. The molecule has 0 saturated carbocycles. The Morgan fingerprint density at radius 1 is 0.750 bits per heavy atom. The fourth-order valence-corrected chi connectivity index (χ4v) is 10.5. The zero-order chi connectivity index (χ0) is 15.9. The molecule has 20 heavy (non-hydrogen) atoms. The molecule has 0 rings (SSSR count). The van der Waals surface area contributed by atoms with Crippen molar-refractivity contribution < 1.29 is 13.0 Å². The van der Waals surface area contributed by atoms with Gasteiger partial charge in [-0.2, -0.15) is 0 Å². The van der Waals surface area contributed by atoms with Crippen molar-refractivity contribution in [3.8, 4) is 0 Å². The molecule has 0 aromatic carbocycles. The van der Waals surface area contributed by atoms with Crippen LogP contribution in [-0.4, -0.2) is 22.8 Å². The summed E-state index contributed by atoms with van der Waals surface area (Å²) < 4.78 is 24.8. The molecule has 0 N–H and O–H groups in total. The first-order valence-electron chi connectivity index (χ1n) is 7.98. The Kier molecular flexibility index (Phi) is 9.15. The minimum absolute atomic E-state index is 0.591. The Labute approximate surface area is 128 Å². The van der Waals surface area contributed by atoms with Crippen LogP contribution in [0.2, 0.25) is 39.3 Å². The van der Waals surface area contributed by atoms with Crippen LogP contribution in [-0.2, 0) is 13.0 Å². The Balaban J connectivity index is 4.36. The van der Waals surface area contributed by atoms with Gasteiger partial charge in [-0.15, -0.1) is 0 Å². The monoisotopic (exact) mass is 338 g/mol. The topological polar surface area (TPSA) is 35.5 Å². The molecule has 0 radical (unpaired) electrons. The molecule has 0 unspecified atom stereocenters. The normalized spacial score (nSPS) is 13.8. The molecule has 0 aliphatic carbocycles. The van der Waals surface area contributed by atoms with Gasteiger partial charge in [0.25, 0.3) is 0 Å². The molecule has 122 valence electrons. The average molecular weight is 339 g/mol. The highest BCUT2D eigenvalue weighted by atomic mass is 31.2. The first-order chi connectivity index (χ1) is 8.97. The fraction of sp³-hybridized carbons (Fsp3) is 1.00. The van der Waals surface area contributed by atoms with E-state index in [1.165, 1.54) is 25.7 Å². The zero-order valence-electron chi connectivity index (χ0n) is 14.6. The van der Waals surface area contributed by atoms with E-state index in [9.17, 15) is 4.57 Å². The van der Waals surface area contributed by atoms with Crippen LogP contribution < -0.4 is 0 Å². The van der Waals surface area contributed by atoms with E-state index in [1.54, 1.807) is 0 Å². The summed E-state index contributed by atoms with van der Waals surface area (Å²) in [6.07, 6.45) is 7.75. The largest absolute Gasteiger partial charge is 0.352 e. The van der Waals surface area contributed by atoms with Gasteiger partial charge in [0, 0.05) is 6.16 Å². The first-order valence-corrected chi connectivity index (χ1v) is 16.5. The van der Waals surface area contributed by atoms with Crippen molar-refractivity contribution >= 4 is 24.2 Å². The standard InChI is InChI=1S/C14H35O3PSi2/c1-8-9-10-11-12-13-14-18(15,16-19(2,3)4)17-20(5,6)7/h8-14H2,1-7H3. The number of rotatable bonds is 11. The lowest BCUT2D eigenvalue weighted by molar-refractivity contribution is 0.380. The maximum Gasteiger partial charge on any atom is 0.311 e. The smallest absolute Gasteiger partial charge is 0.311 e. The second kappa shape index (κ2) is 8.89. The SMILES string of the molecule is CCCCCCCCP(=O)(O[Si](C)(C)C)O[Si](C)(C)C. The molecular weight excluding hydrogens is 303 g/mol. The Morgan fingerprint density at radius 3 is 1.55 bits per heavy atom.